The minimum Gasteiger partial charge on any atom is -0.464 e. The summed E-state index contributed by atoms with van der Waals surface area (Å²) in [7, 11) is 2.71. The van der Waals surface area contributed by atoms with Crippen LogP contribution in [-0.4, -0.2) is 102 Å². The largest absolute Gasteiger partial charge is 0.464 e. The summed E-state index contributed by atoms with van der Waals surface area (Å²) in [5.41, 5.74) is 0. The van der Waals surface area contributed by atoms with Crippen LogP contribution < -0.4 is 0 Å². The zero-order chi connectivity index (χ0) is 32.5. The van der Waals surface area contributed by atoms with Gasteiger partial charge in [0, 0.05) is 14.1 Å². The highest BCUT2D eigenvalue weighted by Crippen LogP contribution is 2.30. The molecule has 0 aliphatic carbocycles. The zero-order valence-corrected chi connectivity index (χ0v) is 27.4. The topological polar surface area (TPSA) is 134 Å². The molecule has 0 bridgehead atoms. The molecule has 2 aliphatic rings. The average Bonchev–Trinajstić information content (AvgIpc) is 3.00. The summed E-state index contributed by atoms with van der Waals surface area (Å²) in [6.07, 6.45) is 16.1. The Morgan fingerprint density at radius 2 is 0.864 bits per heavy atom. The molecule has 0 aromatic rings. The van der Waals surface area contributed by atoms with Crippen LogP contribution in [0, 0.1) is 5.92 Å². The van der Waals surface area contributed by atoms with E-state index in [4.69, 9.17) is 9.47 Å². The van der Waals surface area contributed by atoms with Crippen LogP contribution in [-0.2, 0) is 28.7 Å². The number of fused-ring (bicyclic) bond motifs is 1. The summed E-state index contributed by atoms with van der Waals surface area (Å²) in [6, 6.07) is -1.63. The molecule has 0 unspecified atom stereocenters. The molecular weight excluding hydrogens is 568 g/mol. The molecule has 44 heavy (non-hydrogen) atoms. The molecule has 0 atom stereocenters. The van der Waals surface area contributed by atoms with Crippen molar-refractivity contribution in [3.05, 3.63) is 0 Å². The first-order valence-electron chi connectivity index (χ1n) is 16.6. The second-order valence-corrected chi connectivity index (χ2v) is 11.9. The molecule has 250 valence electrons. The Bertz CT molecular complexity index is 900. The van der Waals surface area contributed by atoms with Crippen molar-refractivity contribution in [2.24, 2.45) is 5.92 Å². The van der Waals surface area contributed by atoms with Gasteiger partial charge in [0.25, 0.3) is 0 Å². The Labute approximate surface area is 262 Å². The maximum absolute atomic E-state index is 13.4. The highest BCUT2D eigenvalue weighted by atomic mass is 16.5. The molecule has 0 radical (unpaired) electrons. The lowest BCUT2D eigenvalue weighted by atomic mass is 9.95. The summed E-state index contributed by atoms with van der Waals surface area (Å²) < 4.78 is 10.5. The van der Waals surface area contributed by atoms with E-state index in [-0.39, 0.29) is 13.2 Å². The van der Waals surface area contributed by atoms with E-state index in [1.165, 1.54) is 65.5 Å². The van der Waals surface area contributed by atoms with Gasteiger partial charge in [0.1, 0.15) is 19.3 Å². The van der Waals surface area contributed by atoms with Crippen molar-refractivity contribution in [1.29, 1.82) is 0 Å². The lowest BCUT2D eigenvalue weighted by Gasteiger charge is -2.49. The van der Waals surface area contributed by atoms with E-state index in [0.717, 1.165) is 48.3 Å². The zero-order valence-electron chi connectivity index (χ0n) is 27.4. The average molecular weight is 623 g/mol. The van der Waals surface area contributed by atoms with Crippen molar-refractivity contribution in [2.45, 2.75) is 123 Å². The van der Waals surface area contributed by atoms with Crippen LogP contribution in [0.3, 0.4) is 0 Å². The Hall–Kier alpha value is -3.18. The number of unbranched alkanes of at least 4 members (excludes halogenated alkanes) is 14. The first-order chi connectivity index (χ1) is 21.1. The van der Waals surface area contributed by atoms with Gasteiger partial charge in [-0.25, -0.2) is 9.59 Å². The summed E-state index contributed by atoms with van der Waals surface area (Å²) in [6.45, 7) is 3.42. The number of imide groups is 2. The molecule has 2 heterocycles. The Kier molecular flexibility index (Phi) is 16.8. The number of carbonyl (C=O) groups excluding carboxylic acids is 6. The summed E-state index contributed by atoms with van der Waals surface area (Å²) in [4.78, 5) is 81.3. The SMILES string of the molecule is CCCCCCCCCCOC(=O)CN1C(=O)C2C(=O)N(CC(=O)OCCCCCCCCCC)C(=O)N(C)C2N(C)C1=O. The van der Waals surface area contributed by atoms with Gasteiger partial charge in [-0.1, -0.05) is 104 Å². The molecule has 2 fully saturated rings. The fraction of sp³-hybridized carbons (Fsp3) is 0.812. The van der Waals surface area contributed by atoms with Crippen molar-refractivity contribution in [2.75, 3.05) is 40.4 Å². The second kappa shape index (κ2) is 20.0. The molecule has 0 spiro atoms. The number of hydrogen-bond donors (Lipinski definition) is 0. The quantitative estimate of drug-likeness (QED) is 0.0927. The third kappa shape index (κ3) is 11.1. The van der Waals surface area contributed by atoms with Crippen molar-refractivity contribution in [3.63, 3.8) is 0 Å². The van der Waals surface area contributed by atoms with Crippen molar-refractivity contribution in [1.82, 2.24) is 19.6 Å². The fourth-order valence-electron chi connectivity index (χ4n) is 5.68. The van der Waals surface area contributed by atoms with E-state index in [1.54, 1.807) is 0 Å². The van der Waals surface area contributed by atoms with Crippen LogP contribution in [0.5, 0.6) is 0 Å². The molecule has 0 N–H and O–H groups in total. The number of esters is 2. The number of rotatable bonds is 22. The molecule has 12 nitrogen and oxygen atoms in total. The van der Waals surface area contributed by atoms with E-state index in [0.29, 0.717) is 22.6 Å². The highest BCUT2D eigenvalue weighted by molar-refractivity contribution is 6.15. The van der Waals surface area contributed by atoms with Gasteiger partial charge in [0.05, 0.1) is 13.2 Å². The van der Waals surface area contributed by atoms with Crippen molar-refractivity contribution >= 4 is 35.8 Å². The first-order valence-corrected chi connectivity index (χ1v) is 16.6. The number of ether oxygens (including phenoxy) is 2. The number of hydrogen-bond acceptors (Lipinski definition) is 8. The van der Waals surface area contributed by atoms with E-state index >= 15 is 0 Å². The molecule has 6 amide bonds. The number of urea groups is 2. The highest BCUT2D eigenvalue weighted by Gasteiger charge is 2.57. The maximum Gasteiger partial charge on any atom is 0.328 e. The Balaban J connectivity index is 1.86. The summed E-state index contributed by atoms with van der Waals surface area (Å²) in [5, 5.41) is 0. The van der Waals surface area contributed by atoms with Crippen LogP contribution in [0.1, 0.15) is 117 Å². The molecule has 12 heteroatoms. The lowest BCUT2D eigenvalue weighted by Crippen LogP contribution is -2.74. The van der Waals surface area contributed by atoms with Crippen LogP contribution in [0.2, 0.25) is 0 Å². The predicted octanol–water partition coefficient (Wildman–Crippen LogP) is 5.08. The third-order valence-electron chi connectivity index (χ3n) is 8.32. The van der Waals surface area contributed by atoms with Gasteiger partial charge in [-0.15, -0.1) is 0 Å². The molecular formula is C32H54N4O8. The fourth-order valence-corrected chi connectivity index (χ4v) is 5.68. The Morgan fingerprint density at radius 3 is 1.20 bits per heavy atom. The van der Waals surface area contributed by atoms with Gasteiger partial charge in [-0.3, -0.25) is 29.0 Å². The molecule has 0 saturated carbocycles. The van der Waals surface area contributed by atoms with Crippen LogP contribution in [0.15, 0.2) is 0 Å². The maximum atomic E-state index is 13.4. The second-order valence-electron chi connectivity index (χ2n) is 11.9. The Morgan fingerprint density at radius 1 is 0.545 bits per heavy atom. The van der Waals surface area contributed by atoms with Gasteiger partial charge in [-0.2, -0.15) is 0 Å². The minimum atomic E-state index is -1.48. The van der Waals surface area contributed by atoms with Crippen LogP contribution in [0.25, 0.3) is 0 Å². The van der Waals surface area contributed by atoms with Gasteiger partial charge in [0.2, 0.25) is 11.8 Å². The molecule has 2 aliphatic heterocycles. The van der Waals surface area contributed by atoms with Gasteiger partial charge < -0.3 is 19.3 Å². The lowest BCUT2D eigenvalue weighted by molar-refractivity contribution is -0.164. The van der Waals surface area contributed by atoms with Gasteiger partial charge >= 0.3 is 24.0 Å². The van der Waals surface area contributed by atoms with Gasteiger partial charge in [0.15, 0.2) is 5.92 Å². The normalized spacial score (nSPS) is 18.6. The van der Waals surface area contributed by atoms with Gasteiger partial charge in [-0.05, 0) is 12.8 Å². The van der Waals surface area contributed by atoms with Crippen LogP contribution >= 0.6 is 0 Å². The summed E-state index contributed by atoms with van der Waals surface area (Å²) in [5.74, 6) is -4.82. The monoisotopic (exact) mass is 622 g/mol. The first kappa shape index (κ1) is 37.0. The van der Waals surface area contributed by atoms with Crippen molar-refractivity contribution in [3.8, 4) is 0 Å². The molecule has 2 rings (SSSR count). The number of amides is 6. The smallest absolute Gasteiger partial charge is 0.328 e. The molecule has 2 saturated heterocycles. The van der Waals surface area contributed by atoms with E-state index in [1.807, 2.05) is 0 Å². The minimum absolute atomic E-state index is 0.178. The molecule has 0 aromatic heterocycles. The van der Waals surface area contributed by atoms with Crippen molar-refractivity contribution < 1.29 is 38.2 Å². The van der Waals surface area contributed by atoms with Crippen LogP contribution in [0.4, 0.5) is 9.59 Å². The van der Waals surface area contributed by atoms with E-state index in [9.17, 15) is 28.8 Å². The number of nitrogens with zero attached hydrogens (tertiary/aromatic N) is 4. The molecule has 0 aromatic carbocycles. The summed E-state index contributed by atoms with van der Waals surface area (Å²) >= 11 is 0. The van der Waals surface area contributed by atoms with E-state index < -0.39 is 61.0 Å². The number of carbonyl (C=O) groups is 6. The standard InChI is InChI=1S/C32H54N4O8/c1-5-7-9-11-13-15-17-19-21-43-25(37)23-35-29(39)27-28(33(3)31(35)41)34(4)32(42)36(30(27)40)24-26(38)44-22-20-18-16-14-12-10-8-6-2/h27-28H,5-24H2,1-4H3. The van der Waals surface area contributed by atoms with E-state index in [2.05, 4.69) is 13.8 Å². The third-order valence-corrected chi connectivity index (χ3v) is 8.32. The predicted molar refractivity (Wildman–Crippen MR) is 164 cm³/mol.